The average Bonchev–Trinajstić information content (AvgIpc) is 3.04. The summed E-state index contributed by atoms with van der Waals surface area (Å²) in [5.74, 6) is -0.945. The maximum atomic E-state index is 14.0. The third-order valence-electron chi connectivity index (χ3n) is 7.11. The number of piperidine rings is 1. The van der Waals surface area contributed by atoms with Gasteiger partial charge in [-0.2, -0.15) is 13.2 Å². The van der Waals surface area contributed by atoms with Gasteiger partial charge in [-0.25, -0.2) is 0 Å². The van der Waals surface area contributed by atoms with E-state index >= 15 is 0 Å². The maximum absolute atomic E-state index is 14.0. The number of carbonyl (C=O) groups is 1. The number of hydrogen-bond donors (Lipinski definition) is 2. The quantitative estimate of drug-likeness (QED) is 0.692. The molecule has 1 aliphatic heterocycles. The smallest absolute Gasteiger partial charge is 0.380 e. The lowest BCUT2D eigenvalue weighted by Crippen LogP contribution is -2.46. The van der Waals surface area contributed by atoms with Crippen molar-refractivity contribution in [1.29, 1.82) is 0 Å². The van der Waals surface area contributed by atoms with Crippen molar-refractivity contribution in [1.82, 2.24) is 15.2 Å². The van der Waals surface area contributed by atoms with Crippen molar-refractivity contribution < 1.29 is 18.0 Å². The van der Waals surface area contributed by atoms with Crippen LogP contribution in [0.25, 0.3) is 0 Å². The van der Waals surface area contributed by atoms with Gasteiger partial charge in [-0.05, 0) is 49.1 Å². The highest BCUT2D eigenvalue weighted by molar-refractivity contribution is 5.79. The molecule has 0 saturated carbocycles. The van der Waals surface area contributed by atoms with Crippen molar-refractivity contribution in [2.24, 2.45) is 5.92 Å². The van der Waals surface area contributed by atoms with E-state index in [2.05, 4.69) is 41.6 Å². The summed E-state index contributed by atoms with van der Waals surface area (Å²) in [6.07, 6.45) is -0.975. The fraction of sp³-hybridized carbons (Fsp3) is 0.520. The van der Waals surface area contributed by atoms with Crippen molar-refractivity contribution in [2.75, 3.05) is 25.5 Å². The van der Waals surface area contributed by atoms with Crippen LogP contribution in [0.1, 0.15) is 49.6 Å². The van der Waals surface area contributed by atoms with Crippen molar-refractivity contribution in [3.63, 3.8) is 0 Å². The van der Waals surface area contributed by atoms with E-state index in [0.717, 1.165) is 24.3 Å². The summed E-state index contributed by atoms with van der Waals surface area (Å²) in [6.45, 7) is 5.52. The Morgan fingerprint density at radius 3 is 2.61 bits per heavy atom. The second-order valence-electron chi connectivity index (χ2n) is 9.69. The minimum absolute atomic E-state index is 0.101. The Labute approximate surface area is 192 Å². The number of amides is 1. The SMILES string of the molecule is CN(C(=O)C1CCCNC1)C(c1ccc(NC2Cc3ccccc3C2(C)C)cn1)C(F)(F)F. The molecule has 2 aromatic rings. The molecular weight excluding hydrogens is 429 g/mol. The van der Waals surface area contributed by atoms with Gasteiger partial charge in [-0.15, -0.1) is 0 Å². The van der Waals surface area contributed by atoms with E-state index in [-0.39, 0.29) is 17.2 Å². The van der Waals surface area contributed by atoms with Crippen LogP contribution < -0.4 is 10.6 Å². The molecule has 1 amide bonds. The Kier molecular flexibility index (Phi) is 6.40. The molecule has 1 aromatic carbocycles. The zero-order valence-electron chi connectivity index (χ0n) is 19.2. The van der Waals surface area contributed by atoms with Gasteiger partial charge >= 0.3 is 6.18 Å². The van der Waals surface area contributed by atoms with Crippen LogP contribution in [0.3, 0.4) is 0 Å². The van der Waals surface area contributed by atoms with Crippen molar-refractivity contribution in [3.8, 4) is 0 Å². The molecule has 5 nitrogen and oxygen atoms in total. The molecule has 0 radical (unpaired) electrons. The van der Waals surface area contributed by atoms with E-state index in [1.165, 1.54) is 30.4 Å². The van der Waals surface area contributed by atoms with Gasteiger partial charge in [0.25, 0.3) is 0 Å². The molecule has 0 spiro atoms. The summed E-state index contributed by atoms with van der Waals surface area (Å²) in [5, 5.41) is 6.54. The standard InChI is InChI=1S/C25H31F3N4O/c1-24(2)19-9-5-4-7-16(19)13-21(24)31-18-10-11-20(30-15-18)22(25(26,27)28)32(3)23(33)17-8-6-12-29-14-17/h4-5,7,9-11,15,17,21-22,29,31H,6,8,12-14H2,1-3H3. The molecule has 2 aliphatic rings. The fourth-order valence-electron chi connectivity index (χ4n) is 5.14. The molecule has 3 atom stereocenters. The monoisotopic (exact) mass is 460 g/mol. The number of anilines is 1. The number of aromatic nitrogens is 1. The number of carbonyl (C=O) groups excluding carboxylic acids is 1. The van der Waals surface area contributed by atoms with Crippen LogP contribution in [0.2, 0.25) is 0 Å². The maximum Gasteiger partial charge on any atom is 0.414 e. The van der Waals surface area contributed by atoms with E-state index in [0.29, 0.717) is 18.7 Å². The summed E-state index contributed by atoms with van der Waals surface area (Å²) in [7, 11) is 1.22. The molecule has 1 saturated heterocycles. The van der Waals surface area contributed by atoms with Gasteiger partial charge in [0.15, 0.2) is 6.04 Å². The fourth-order valence-corrected chi connectivity index (χ4v) is 5.14. The minimum Gasteiger partial charge on any atom is -0.380 e. The molecule has 4 rings (SSSR count). The molecule has 1 aromatic heterocycles. The molecule has 2 N–H and O–H groups in total. The number of nitrogens with zero attached hydrogens (tertiary/aromatic N) is 2. The molecular formula is C25H31F3N4O. The zero-order valence-corrected chi connectivity index (χ0v) is 19.2. The van der Waals surface area contributed by atoms with Gasteiger partial charge in [0.1, 0.15) is 0 Å². The predicted molar refractivity (Wildman–Crippen MR) is 122 cm³/mol. The topological polar surface area (TPSA) is 57.3 Å². The highest BCUT2D eigenvalue weighted by atomic mass is 19.4. The van der Waals surface area contributed by atoms with Gasteiger partial charge in [0.2, 0.25) is 5.91 Å². The normalized spacial score (nSPS) is 23.0. The molecule has 0 bridgehead atoms. The third kappa shape index (κ3) is 4.71. The molecule has 3 unspecified atom stereocenters. The van der Waals surface area contributed by atoms with Gasteiger partial charge in [-0.3, -0.25) is 9.78 Å². The van der Waals surface area contributed by atoms with Crippen LogP contribution in [0.4, 0.5) is 18.9 Å². The van der Waals surface area contributed by atoms with E-state index in [9.17, 15) is 18.0 Å². The summed E-state index contributed by atoms with van der Waals surface area (Å²) in [4.78, 5) is 17.7. The molecule has 1 aliphatic carbocycles. The highest BCUT2D eigenvalue weighted by Crippen LogP contribution is 2.41. The van der Waals surface area contributed by atoms with E-state index < -0.39 is 24.0 Å². The van der Waals surface area contributed by atoms with Gasteiger partial charge in [0.05, 0.1) is 23.5 Å². The number of fused-ring (bicyclic) bond motifs is 1. The van der Waals surface area contributed by atoms with Crippen LogP contribution in [-0.4, -0.2) is 48.1 Å². The highest BCUT2D eigenvalue weighted by Gasteiger charge is 2.47. The van der Waals surface area contributed by atoms with E-state index in [1.807, 2.05) is 12.1 Å². The first-order valence-electron chi connectivity index (χ1n) is 11.4. The Morgan fingerprint density at radius 2 is 2.00 bits per heavy atom. The number of pyridine rings is 1. The number of hydrogen-bond acceptors (Lipinski definition) is 4. The number of halogens is 3. The van der Waals surface area contributed by atoms with E-state index in [1.54, 1.807) is 6.07 Å². The van der Waals surface area contributed by atoms with Crippen LogP contribution in [0.15, 0.2) is 42.6 Å². The van der Waals surface area contributed by atoms with Crippen molar-refractivity contribution >= 4 is 11.6 Å². The molecule has 8 heteroatoms. The van der Waals surface area contributed by atoms with E-state index in [4.69, 9.17) is 0 Å². The van der Waals surface area contributed by atoms with Gasteiger partial charge < -0.3 is 15.5 Å². The van der Waals surface area contributed by atoms with Gasteiger partial charge in [0, 0.05) is 25.0 Å². The van der Waals surface area contributed by atoms with Crippen LogP contribution in [0, 0.1) is 5.92 Å². The first kappa shape index (κ1) is 23.5. The Morgan fingerprint density at radius 1 is 1.24 bits per heavy atom. The number of rotatable bonds is 5. The lowest BCUT2D eigenvalue weighted by Gasteiger charge is -2.33. The molecule has 1 fully saturated rings. The first-order chi connectivity index (χ1) is 15.6. The lowest BCUT2D eigenvalue weighted by molar-refractivity contribution is -0.191. The second-order valence-corrected chi connectivity index (χ2v) is 9.69. The first-order valence-corrected chi connectivity index (χ1v) is 11.4. The third-order valence-corrected chi connectivity index (χ3v) is 7.11. The van der Waals surface area contributed by atoms with Gasteiger partial charge in [-0.1, -0.05) is 38.1 Å². The summed E-state index contributed by atoms with van der Waals surface area (Å²) < 4.78 is 42.0. The second kappa shape index (κ2) is 8.97. The summed E-state index contributed by atoms with van der Waals surface area (Å²) in [5.41, 5.74) is 2.92. The molecule has 178 valence electrons. The Bertz CT molecular complexity index is 984. The largest absolute Gasteiger partial charge is 0.414 e. The number of alkyl halides is 3. The Hall–Kier alpha value is -2.61. The number of benzene rings is 1. The van der Waals surface area contributed by atoms with Crippen LogP contribution >= 0.6 is 0 Å². The Balaban J connectivity index is 1.51. The minimum atomic E-state index is -4.62. The molecule has 33 heavy (non-hydrogen) atoms. The summed E-state index contributed by atoms with van der Waals surface area (Å²) in [6, 6.07) is 9.31. The molecule has 2 heterocycles. The van der Waals surface area contributed by atoms with Crippen molar-refractivity contribution in [3.05, 3.63) is 59.4 Å². The predicted octanol–water partition coefficient (Wildman–Crippen LogP) is 4.46. The van der Waals surface area contributed by atoms with Crippen molar-refractivity contribution in [2.45, 2.75) is 56.8 Å². The summed E-state index contributed by atoms with van der Waals surface area (Å²) >= 11 is 0. The van der Waals surface area contributed by atoms with Crippen LogP contribution in [-0.2, 0) is 16.6 Å². The zero-order chi connectivity index (χ0) is 23.8. The van der Waals surface area contributed by atoms with Crippen LogP contribution in [0.5, 0.6) is 0 Å². The average molecular weight is 461 g/mol. The number of nitrogens with one attached hydrogen (secondary N) is 2. The lowest BCUT2D eigenvalue weighted by atomic mass is 9.83.